The molecule has 1 aromatic carbocycles. The van der Waals surface area contributed by atoms with Crippen LogP contribution in [0.25, 0.3) is 0 Å². The fourth-order valence-corrected chi connectivity index (χ4v) is 2.58. The lowest BCUT2D eigenvalue weighted by molar-refractivity contribution is 0.00312. The lowest BCUT2D eigenvalue weighted by atomic mass is 10.1. The second-order valence-electron chi connectivity index (χ2n) is 6.76. The summed E-state index contributed by atoms with van der Waals surface area (Å²) < 4.78 is 24.6. The first-order chi connectivity index (χ1) is 12.0. The highest BCUT2D eigenvalue weighted by Crippen LogP contribution is 2.12. The summed E-state index contributed by atoms with van der Waals surface area (Å²) in [6.07, 6.45) is 1.96. The van der Waals surface area contributed by atoms with Crippen molar-refractivity contribution in [1.29, 1.82) is 0 Å². The Morgan fingerprint density at radius 2 is 2.00 bits per heavy atom. The fourth-order valence-electron chi connectivity index (χ4n) is 2.58. The summed E-state index contributed by atoms with van der Waals surface area (Å²) in [5.74, 6) is 1.08. The number of benzene rings is 1. The molecule has 138 valence electrons. The van der Waals surface area contributed by atoms with Crippen LogP contribution in [0.5, 0.6) is 0 Å². The van der Waals surface area contributed by atoms with E-state index in [0.29, 0.717) is 31.2 Å². The maximum absolute atomic E-state index is 13.9. The molecule has 0 saturated carbocycles. The van der Waals surface area contributed by atoms with Crippen molar-refractivity contribution < 1.29 is 18.7 Å². The number of aliphatic hydroxyl groups is 1. The van der Waals surface area contributed by atoms with Gasteiger partial charge in [-0.3, -0.25) is 4.90 Å². The van der Waals surface area contributed by atoms with E-state index >= 15 is 0 Å². The Balaban J connectivity index is 1.84. The molecule has 1 aromatic heterocycles. The van der Waals surface area contributed by atoms with Crippen molar-refractivity contribution in [3.63, 3.8) is 0 Å². The molecule has 0 saturated heterocycles. The van der Waals surface area contributed by atoms with E-state index in [9.17, 15) is 9.50 Å². The molecule has 1 N–H and O–H groups in total. The molecule has 0 bridgehead atoms. The van der Waals surface area contributed by atoms with Crippen LogP contribution in [0.4, 0.5) is 4.39 Å². The number of furan rings is 1. The van der Waals surface area contributed by atoms with Gasteiger partial charge in [-0.1, -0.05) is 32.0 Å². The first kappa shape index (κ1) is 19.6. The lowest BCUT2D eigenvalue weighted by Gasteiger charge is -2.26. The SMILES string of the molecule is CC(C)CCN(Cc1ccccc1F)C[C@@H](O)COCc1ccco1. The number of ether oxygens (including phenoxy) is 1. The zero-order valence-corrected chi connectivity index (χ0v) is 15.0. The monoisotopic (exact) mass is 349 g/mol. The molecule has 0 spiro atoms. The van der Waals surface area contributed by atoms with E-state index < -0.39 is 6.10 Å². The van der Waals surface area contributed by atoms with Gasteiger partial charge in [0.05, 0.1) is 19.0 Å². The Bertz CT molecular complexity index is 601. The summed E-state index contributed by atoms with van der Waals surface area (Å²) in [5, 5.41) is 10.3. The standard InChI is InChI=1S/C20H28FNO3/c1-16(2)9-10-22(12-17-6-3-4-8-20(17)21)13-18(23)14-24-15-19-7-5-11-25-19/h3-8,11,16,18,23H,9-10,12-15H2,1-2H3/t18-/m1/s1. The normalized spacial score (nSPS) is 12.9. The number of nitrogens with zero attached hydrogens (tertiary/aromatic N) is 1. The zero-order chi connectivity index (χ0) is 18.1. The second kappa shape index (κ2) is 10.3. The lowest BCUT2D eigenvalue weighted by Crippen LogP contribution is -2.35. The molecule has 2 aromatic rings. The summed E-state index contributed by atoms with van der Waals surface area (Å²) in [6, 6.07) is 10.4. The summed E-state index contributed by atoms with van der Waals surface area (Å²) in [6.45, 7) is 6.60. The Morgan fingerprint density at radius 1 is 1.20 bits per heavy atom. The number of rotatable bonds is 11. The summed E-state index contributed by atoms with van der Waals surface area (Å²) in [7, 11) is 0. The highest BCUT2D eigenvalue weighted by atomic mass is 19.1. The van der Waals surface area contributed by atoms with Crippen molar-refractivity contribution in [3.05, 3.63) is 59.8 Å². The summed E-state index contributed by atoms with van der Waals surface area (Å²) >= 11 is 0. The van der Waals surface area contributed by atoms with E-state index in [-0.39, 0.29) is 12.4 Å². The molecule has 5 heteroatoms. The molecular weight excluding hydrogens is 321 g/mol. The van der Waals surface area contributed by atoms with Crippen LogP contribution in [-0.2, 0) is 17.9 Å². The van der Waals surface area contributed by atoms with E-state index in [1.54, 1.807) is 24.5 Å². The van der Waals surface area contributed by atoms with Crippen molar-refractivity contribution >= 4 is 0 Å². The van der Waals surface area contributed by atoms with Crippen LogP contribution in [-0.4, -0.2) is 35.8 Å². The third kappa shape index (κ3) is 7.38. The number of hydrogen-bond acceptors (Lipinski definition) is 4. The average molecular weight is 349 g/mol. The van der Waals surface area contributed by atoms with E-state index in [1.807, 2.05) is 12.1 Å². The van der Waals surface area contributed by atoms with Gasteiger partial charge in [0.1, 0.15) is 18.2 Å². The van der Waals surface area contributed by atoms with E-state index in [4.69, 9.17) is 9.15 Å². The quantitative estimate of drug-likeness (QED) is 0.669. The Kier molecular flexibility index (Phi) is 8.12. The van der Waals surface area contributed by atoms with Crippen LogP contribution in [0.2, 0.25) is 0 Å². The van der Waals surface area contributed by atoms with Gasteiger partial charge in [0.15, 0.2) is 0 Å². The third-order valence-electron chi connectivity index (χ3n) is 3.98. The van der Waals surface area contributed by atoms with Gasteiger partial charge in [0.2, 0.25) is 0 Å². The van der Waals surface area contributed by atoms with Crippen LogP contribution >= 0.6 is 0 Å². The highest BCUT2D eigenvalue weighted by Gasteiger charge is 2.15. The van der Waals surface area contributed by atoms with Crippen molar-refractivity contribution in [3.8, 4) is 0 Å². The zero-order valence-electron chi connectivity index (χ0n) is 15.0. The molecule has 25 heavy (non-hydrogen) atoms. The molecule has 4 nitrogen and oxygen atoms in total. The maximum atomic E-state index is 13.9. The Labute approximate surface area is 149 Å². The topological polar surface area (TPSA) is 45.8 Å². The van der Waals surface area contributed by atoms with Gasteiger partial charge < -0.3 is 14.3 Å². The van der Waals surface area contributed by atoms with E-state index in [0.717, 1.165) is 18.7 Å². The third-order valence-corrected chi connectivity index (χ3v) is 3.98. The molecular formula is C20H28FNO3. The van der Waals surface area contributed by atoms with Crippen molar-refractivity contribution in [2.75, 3.05) is 19.7 Å². The van der Waals surface area contributed by atoms with Gasteiger partial charge in [-0.2, -0.15) is 0 Å². The fraction of sp³-hybridized carbons (Fsp3) is 0.500. The minimum atomic E-state index is -0.631. The van der Waals surface area contributed by atoms with Gasteiger partial charge in [0, 0.05) is 18.7 Å². The van der Waals surface area contributed by atoms with Crippen molar-refractivity contribution in [1.82, 2.24) is 4.90 Å². The maximum Gasteiger partial charge on any atom is 0.129 e. The minimum absolute atomic E-state index is 0.208. The van der Waals surface area contributed by atoms with Crippen LogP contribution in [0.1, 0.15) is 31.6 Å². The number of aliphatic hydroxyl groups excluding tert-OH is 1. The van der Waals surface area contributed by atoms with Crippen LogP contribution in [0.3, 0.4) is 0 Å². The smallest absolute Gasteiger partial charge is 0.129 e. The van der Waals surface area contributed by atoms with Crippen LogP contribution < -0.4 is 0 Å². The van der Waals surface area contributed by atoms with Crippen molar-refractivity contribution in [2.24, 2.45) is 5.92 Å². The van der Waals surface area contributed by atoms with Gasteiger partial charge in [-0.05, 0) is 37.1 Å². The van der Waals surface area contributed by atoms with E-state index in [1.165, 1.54) is 6.07 Å². The predicted molar refractivity (Wildman–Crippen MR) is 95.5 cm³/mol. The van der Waals surface area contributed by atoms with Crippen LogP contribution in [0, 0.1) is 11.7 Å². The van der Waals surface area contributed by atoms with Crippen molar-refractivity contribution in [2.45, 2.75) is 39.5 Å². The average Bonchev–Trinajstić information content (AvgIpc) is 3.08. The molecule has 0 aliphatic carbocycles. The van der Waals surface area contributed by atoms with E-state index in [2.05, 4.69) is 18.7 Å². The summed E-state index contributed by atoms with van der Waals surface area (Å²) in [5.41, 5.74) is 0.648. The minimum Gasteiger partial charge on any atom is -0.467 e. The number of hydrogen-bond donors (Lipinski definition) is 1. The molecule has 0 fully saturated rings. The van der Waals surface area contributed by atoms with Gasteiger partial charge in [-0.15, -0.1) is 0 Å². The van der Waals surface area contributed by atoms with Gasteiger partial charge in [0.25, 0.3) is 0 Å². The largest absolute Gasteiger partial charge is 0.467 e. The predicted octanol–water partition coefficient (Wildman–Crippen LogP) is 3.84. The molecule has 0 radical (unpaired) electrons. The summed E-state index contributed by atoms with van der Waals surface area (Å²) in [4.78, 5) is 2.08. The van der Waals surface area contributed by atoms with Crippen LogP contribution in [0.15, 0.2) is 47.1 Å². The molecule has 0 unspecified atom stereocenters. The first-order valence-corrected chi connectivity index (χ1v) is 8.78. The highest BCUT2D eigenvalue weighted by molar-refractivity contribution is 5.17. The van der Waals surface area contributed by atoms with Gasteiger partial charge in [-0.25, -0.2) is 4.39 Å². The second-order valence-corrected chi connectivity index (χ2v) is 6.76. The Hall–Kier alpha value is -1.69. The molecule has 0 aliphatic rings. The van der Waals surface area contributed by atoms with Gasteiger partial charge >= 0.3 is 0 Å². The molecule has 1 heterocycles. The first-order valence-electron chi connectivity index (χ1n) is 8.78. The molecule has 0 aliphatic heterocycles. The molecule has 0 amide bonds. The number of halogens is 1. The molecule has 1 atom stereocenters. The Morgan fingerprint density at radius 3 is 2.68 bits per heavy atom. The molecule has 2 rings (SSSR count).